The van der Waals surface area contributed by atoms with Gasteiger partial charge in [-0.2, -0.15) is 4.31 Å². The first-order chi connectivity index (χ1) is 9.43. The standard InChI is InChI=1S/C10H14N4O4S2/c1-8(16)12-10-11-6-9(19-10)20(17,18)14-4-2-13(7-15)3-5-14/h6-7H,2-5H2,1H3,(H,11,12,16). The fourth-order valence-corrected chi connectivity index (χ4v) is 4.42. The van der Waals surface area contributed by atoms with E-state index < -0.39 is 10.0 Å². The van der Waals surface area contributed by atoms with E-state index in [1.165, 1.54) is 22.3 Å². The second kappa shape index (κ2) is 5.85. The number of hydrogen-bond donors (Lipinski definition) is 1. The van der Waals surface area contributed by atoms with Crippen LogP contribution < -0.4 is 5.32 Å². The molecule has 2 amide bonds. The second-order valence-electron chi connectivity index (χ2n) is 4.21. The summed E-state index contributed by atoms with van der Waals surface area (Å²) in [6, 6.07) is 0. The minimum Gasteiger partial charge on any atom is -0.343 e. The molecule has 0 unspecified atom stereocenters. The van der Waals surface area contributed by atoms with Gasteiger partial charge in [-0.25, -0.2) is 13.4 Å². The zero-order valence-corrected chi connectivity index (χ0v) is 12.4. The Morgan fingerprint density at radius 3 is 2.60 bits per heavy atom. The minimum absolute atomic E-state index is 0.0841. The van der Waals surface area contributed by atoms with Crippen LogP contribution in [-0.2, 0) is 19.6 Å². The lowest BCUT2D eigenvalue weighted by molar-refractivity contribution is -0.119. The SMILES string of the molecule is CC(=O)Nc1ncc(S(=O)(=O)N2CCN(C=O)CC2)s1. The van der Waals surface area contributed by atoms with Gasteiger partial charge < -0.3 is 10.2 Å². The molecule has 1 aromatic heterocycles. The number of aromatic nitrogens is 1. The molecule has 1 saturated heterocycles. The predicted octanol–water partition coefficient (Wildman–Crippen LogP) is -0.436. The van der Waals surface area contributed by atoms with Gasteiger partial charge in [0.15, 0.2) is 9.34 Å². The third kappa shape index (κ3) is 3.14. The molecule has 0 bridgehead atoms. The van der Waals surface area contributed by atoms with Gasteiger partial charge >= 0.3 is 0 Å². The van der Waals surface area contributed by atoms with Crippen molar-refractivity contribution in [2.24, 2.45) is 0 Å². The lowest BCUT2D eigenvalue weighted by atomic mass is 10.4. The minimum atomic E-state index is -3.61. The number of carbonyl (C=O) groups excluding carboxylic acids is 2. The second-order valence-corrected chi connectivity index (χ2v) is 7.41. The molecule has 1 N–H and O–H groups in total. The number of nitrogens with one attached hydrogen (secondary N) is 1. The zero-order valence-electron chi connectivity index (χ0n) is 10.8. The summed E-state index contributed by atoms with van der Waals surface area (Å²) in [6.07, 6.45) is 1.95. The number of amides is 2. The molecule has 2 rings (SSSR count). The van der Waals surface area contributed by atoms with E-state index in [0.29, 0.717) is 19.5 Å². The molecule has 110 valence electrons. The molecule has 0 spiro atoms. The maximum atomic E-state index is 12.4. The Kier molecular flexibility index (Phi) is 4.35. The summed E-state index contributed by atoms with van der Waals surface area (Å²) in [4.78, 5) is 26.9. The highest BCUT2D eigenvalue weighted by Gasteiger charge is 2.29. The van der Waals surface area contributed by atoms with Crippen LogP contribution in [0.2, 0.25) is 0 Å². The van der Waals surface area contributed by atoms with E-state index in [2.05, 4.69) is 10.3 Å². The summed E-state index contributed by atoms with van der Waals surface area (Å²) >= 11 is 0.913. The molecule has 2 heterocycles. The molecule has 0 saturated carbocycles. The molecule has 0 atom stereocenters. The number of carbonyl (C=O) groups is 2. The predicted molar refractivity (Wildman–Crippen MR) is 72.8 cm³/mol. The Morgan fingerprint density at radius 2 is 2.05 bits per heavy atom. The van der Waals surface area contributed by atoms with E-state index in [-0.39, 0.29) is 28.3 Å². The third-order valence-electron chi connectivity index (χ3n) is 2.78. The fourth-order valence-electron chi connectivity index (χ4n) is 1.76. The van der Waals surface area contributed by atoms with E-state index in [1.807, 2.05) is 0 Å². The lowest BCUT2D eigenvalue weighted by Gasteiger charge is -2.31. The van der Waals surface area contributed by atoms with Crippen molar-refractivity contribution in [2.75, 3.05) is 31.5 Å². The van der Waals surface area contributed by atoms with Gasteiger partial charge in [-0.05, 0) is 0 Å². The molecule has 1 fully saturated rings. The van der Waals surface area contributed by atoms with Crippen LogP contribution in [0.25, 0.3) is 0 Å². The van der Waals surface area contributed by atoms with Crippen molar-refractivity contribution in [1.82, 2.24) is 14.2 Å². The van der Waals surface area contributed by atoms with Crippen molar-refractivity contribution in [3.05, 3.63) is 6.20 Å². The maximum Gasteiger partial charge on any atom is 0.254 e. The first-order valence-electron chi connectivity index (χ1n) is 5.86. The summed E-state index contributed by atoms with van der Waals surface area (Å²) in [5, 5.41) is 2.70. The van der Waals surface area contributed by atoms with Crippen molar-refractivity contribution in [3.8, 4) is 0 Å². The molecule has 1 aliphatic heterocycles. The number of sulfonamides is 1. The summed E-state index contributed by atoms with van der Waals surface area (Å²) < 4.78 is 26.1. The molecular formula is C10H14N4O4S2. The number of anilines is 1. The van der Waals surface area contributed by atoms with Crippen molar-refractivity contribution in [3.63, 3.8) is 0 Å². The van der Waals surface area contributed by atoms with Gasteiger partial charge in [-0.1, -0.05) is 11.3 Å². The number of rotatable bonds is 4. The van der Waals surface area contributed by atoms with Crippen LogP contribution in [0.3, 0.4) is 0 Å². The van der Waals surface area contributed by atoms with E-state index in [1.54, 1.807) is 0 Å². The van der Waals surface area contributed by atoms with Gasteiger partial charge in [0.1, 0.15) is 0 Å². The molecule has 0 aliphatic carbocycles. The van der Waals surface area contributed by atoms with E-state index in [9.17, 15) is 18.0 Å². The summed E-state index contributed by atoms with van der Waals surface area (Å²) in [5.41, 5.74) is 0. The first-order valence-corrected chi connectivity index (χ1v) is 8.12. The molecule has 8 nitrogen and oxygen atoms in total. The van der Waals surface area contributed by atoms with Crippen LogP contribution in [0.1, 0.15) is 6.92 Å². The van der Waals surface area contributed by atoms with Gasteiger partial charge in [0.2, 0.25) is 12.3 Å². The van der Waals surface area contributed by atoms with E-state index >= 15 is 0 Å². The zero-order chi connectivity index (χ0) is 14.8. The molecule has 10 heteroatoms. The largest absolute Gasteiger partial charge is 0.343 e. The molecule has 1 aromatic rings. The van der Waals surface area contributed by atoms with Gasteiger partial charge in [0, 0.05) is 33.1 Å². The average Bonchev–Trinajstić information content (AvgIpc) is 2.87. The number of thiazole rings is 1. The monoisotopic (exact) mass is 318 g/mol. The van der Waals surface area contributed by atoms with Gasteiger partial charge in [0.25, 0.3) is 10.0 Å². The number of piperazine rings is 1. The van der Waals surface area contributed by atoms with Gasteiger partial charge in [-0.3, -0.25) is 9.59 Å². The van der Waals surface area contributed by atoms with Crippen LogP contribution >= 0.6 is 11.3 Å². The van der Waals surface area contributed by atoms with Crippen molar-refractivity contribution in [2.45, 2.75) is 11.1 Å². The third-order valence-corrected chi connectivity index (χ3v) is 6.03. The fraction of sp³-hybridized carbons (Fsp3) is 0.500. The molecule has 1 aliphatic rings. The Bertz CT molecular complexity index is 605. The average molecular weight is 318 g/mol. The summed E-state index contributed by atoms with van der Waals surface area (Å²) in [7, 11) is -3.61. The summed E-state index contributed by atoms with van der Waals surface area (Å²) in [6.45, 7) is 2.59. The van der Waals surface area contributed by atoms with Gasteiger partial charge in [-0.15, -0.1) is 0 Å². The quantitative estimate of drug-likeness (QED) is 0.759. The molecule has 20 heavy (non-hydrogen) atoms. The Hall–Kier alpha value is -1.52. The van der Waals surface area contributed by atoms with Crippen molar-refractivity contribution < 1.29 is 18.0 Å². The normalized spacial score (nSPS) is 16.9. The maximum absolute atomic E-state index is 12.4. The molecule has 0 radical (unpaired) electrons. The highest BCUT2D eigenvalue weighted by atomic mass is 32.2. The Morgan fingerprint density at radius 1 is 1.40 bits per heavy atom. The van der Waals surface area contributed by atoms with Crippen molar-refractivity contribution >= 4 is 38.8 Å². The van der Waals surface area contributed by atoms with Crippen LogP contribution in [0.15, 0.2) is 10.4 Å². The van der Waals surface area contributed by atoms with Crippen LogP contribution in [0, 0.1) is 0 Å². The molecular weight excluding hydrogens is 304 g/mol. The van der Waals surface area contributed by atoms with E-state index in [4.69, 9.17) is 0 Å². The topological polar surface area (TPSA) is 99.7 Å². The van der Waals surface area contributed by atoms with Crippen LogP contribution in [0.5, 0.6) is 0 Å². The summed E-state index contributed by atoms with van der Waals surface area (Å²) in [5.74, 6) is -0.303. The highest BCUT2D eigenvalue weighted by molar-refractivity contribution is 7.91. The highest BCUT2D eigenvalue weighted by Crippen LogP contribution is 2.26. The van der Waals surface area contributed by atoms with Crippen molar-refractivity contribution in [1.29, 1.82) is 0 Å². The van der Waals surface area contributed by atoms with E-state index in [0.717, 1.165) is 11.3 Å². The molecule has 0 aromatic carbocycles. The Labute approximate surface area is 120 Å². The number of hydrogen-bond acceptors (Lipinski definition) is 6. The Balaban J connectivity index is 2.12. The first kappa shape index (κ1) is 14.9. The van der Waals surface area contributed by atoms with Crippen LogP contribution in [-0.4, -0.2) is 61.1 Å². The lowest BCUT2D eigenvalue weighted by Crippen LogP contribution is -2.47. The van der Waals surface area contributed by atoms with Crippen LogP contribution in [0.4, 0.5) is 5.13 Å². The van der Waals surface area contributed by atoms with Gasteiger partial charge in [0.05, 0.1) is 6.20 Å². The smallest absolute Gasteiger partial charge is 0.254 e. The number of nitrogens with zero attached hydrogens (tertiary/aromatic N) is 3.